The molecule has 0 aliphatic carbocycles. The molecule has 0 bridgehead atoms. The zero-order valence-electron chi connectivity index (χ0n) is 21.7. The standard InChI is InChI=1S/C24H45Cl6O4P/c1-18(2)9-6-10-19(3)11-7-12-20(4)13-8-14-21(5)15-22(16-23(25,26)27,17-24(28,29)30)34-35(31,32)33/h18-21H,6-17H2,1-5H3,(H2,31,32,33). The van der Waals surface area contributed by atoms with E-state index in [0.29, 0.717) is 5.92 Å². The van der Waals surface area contributed by atoms with Gasteiger partial charge < -0.3 is 9.79 Å². The van der Waals surface area contributed by atoms with Crippen LogP contribution in [-0.4, -0.2) is 23.0 Å². The van der Waals surface area contributed by atoms with Crippen molar-refractivity contribution >= 4 is 77.4 Å². The Balaban J connectivity index is 4.77. The summed E-state index contributed by atoms with van der Waals surface area (Å²) in [5, 5.41) is 0. The fourth-order valence-corrected chi connectivity index (χ4v) is 6.99. The van der Waals surface area contributed by atoms with Crippen molar-refractivity contribution in [2.45, 2.75) is 125 Å². The minimum atomic E-state index is -4.94. The molecule has 0 fully saturated rings. The first-order chi connectivity index (χ1) is 15.7. The Bertz CT molecular complexity index is 602. The summed E-state index contributed by atoms with van der Waals surface area (Å²) < 4.78 is 13.2. The maximum absolute atomic E-state index is 11.8. The first-order valence-electron chi connectivity index (χ1n) is 12.6. The molecule has 0 amide bonds. The van der Waals surface area contributed by atoms with Crippen LogP contribution in [0.1, 0.15) is 112 Å². The monoisotopic (exact) mass is 638 g/mol. The summed E-state index contributed by atoms with van der Waals surface area (Å²) in [5.41, 5.74) is -1.60. The highest BCUT2D eigenvalue weighted by atomic mass is 35.6. The maximum Gasteiger partial charge on any atom is 0.470 e. The van der Waals surface area contributed by atoms with E-state index in [1.54, 1.807) is 0 Å². The van der Waals surface area contributed by atoms with Gasteiger partial charge in [-0.05, 0) is 30.1 Å². The van der Waals surface area contributed by atoms with Crippen molar-refractivity contribution in [3.8, 4) is 0 Å². The molecular formula is C24H45Cl6O4P. The molecule has 0 aromatic heterocycles. The number of phosphoric ester groups is 1. The highest BCUT2D eigenvalue weighted by Crippen LogP contribution is 2.54. The fourth-order valence-electron chi connectivity index (χ4n) is 4.82. The molecule has 3 atom stereocenters. The van der Waals surface area contributed by atoms with E-state index < -0.39 is 21.0 Å². The summed E-state index contributed by atoms with van der Waals surface area (Å²) in [6, 6.07) is 0. The van der Waals surface area contributed by atoms with E-state index in [-0.39, 0.29) is 25.2 Å². The summed E-state index contributed by atoms with van der Waals surface area (Å²) >= 11 is 35.9. The molecule has 4 nitrogen and oxygen atoms in total. The Morgan fingerprint density at radius 1 is 0.657 bits per heavy atom. The van der Waals surface area contributed by atoms with Gasteiger partial charge in [-0.25, -0.2) is 4.57 Å². The maximum atomic E-state index is 11.8. The molecule has 0 spiro atoms. The number of hydrogen-bond donors (Lipinski definition) is 2. The molecule has 0 saturated heterocycles. The molecule has 0 aromatic rings. The molecule has 0 aromatic carbocycles. The molecule has 11 heteroatoms. The smallest absolute Gasteiger partial charge is 0.303 e. The van der Waals surface area contributed by atoms with Crippen LogP contribution in [0.4, 0.5) is 0 Å². The third-order valence-electron chi connectivity index (χ3n) is 6.34. The molecule has 0 radical (unpaired) electrons. The summed E-state index contributed by atoms with van der Waals surface area (Å²) in [6.45, 7) is 11.2. The average Bonchev–Trinajstić information content (AvgIpc) is 2.56. The summed E-state index contributed by atoms with van der Waals surface area (Å²) in [6.07, 6.45) is 10.1. The first-order valence-corrected chi connectivity index (χ1v) is 16.4. The molecule has 212 valence electrons. The van der Waals surface area contributed by atoms with Gasteiger partial charge in [0.05, 0.1) is 5.60 Å². The van der Waals surface area contributed by atoms with Crippen LogP contribution in [0.15, 0.2) is 0 Å². The van der Waals surface area contributed by atoms with E-state index >= 15 is 0 Å². The number of hydrogen-bond acceptors (Lipinski definition) is 2. The minimum absolute atomic E-state index is 0.00873. The van der Waals surface area contributed by atoms with E-state index in [0.717, 1.165) is 31.1 Å². The highest BCUT2D eigenvalue weighted by molar-refractivity contribution is 7.46. The van der Waals surface area contributed by atoms with Crippen LogP contribution in [0, 0.1) is 23.7 Å². The highest BCUT2D eigenvalue weighted by Gasteiger charge is 2.48. The van der Waals surface area contributed by atoms with Crippen molar-refractivity contribution in [1.29, 1.82) is 0 Å². The molecule has 0 aliphatic rings. The molecule has 0 saturated carbocycles. The lowest BCUT2D eigenvalue weighted by Crippen LogP contribution is -2.41. The lowest BCUT2D eigenvalue weighted by molar-refractivity contribution is 0.00109. The van der Waals surface area contributed by atoms with Crippen molar-refractivity contribution < 1.29 is 18.9 Å². The Hall–Kier alpha value is 1.85. The molecule has 3 unspecified atom stereocenters. The largest absolute Gasteiger partial charge is 0.470 e. The number of alkyl halides is 6. The fraction of sp³-hybridized carbons (Fsp3) is 1.00. The number of phosphoric acid groups is 1. The van der Waals surface area contributed by atoms with Gasteiger partial charge in [-0.1, -0.05) is 162 Å². The van der Waals surface area contributed by atoms with E-state index in [9.17, 15) is 14.4 Å². The summed E-state index contributed by atoms with van der Waals surface area (Å²) in [5.74, 6) is 2.18. The lowest BCUT2D eigenvalue weighted by atomic mass is 9.83. The van der Waals surface area contributed by atoms with Crippen LogP contribution in [0.25, 0.3) is 0 Å². The van der Waals surface area contributed by atoms with E-state index in [1.807, 2.05) is 6.92 Å². The quantitative estimate of drug-likeness (QED) is 0.115. The van der Waals surface area contributed by atoms with Crippen LogP contribution in [0.5, 0.6) is 0 Å². The van der Waals surface area contributed by atoms with Gasteiger partial charge in [-0.2, -0.15) is 0 Å². The van der Waals surface area contributed by atoms with E-state index in [4.69, 9.17) is 74.1 Å². The molecule has 0 rings (SSSR count). The Kier molecular flexibility index (Phi) is 17.7. The molecule has 0 heterocycles. The molecular weight excluding hydrogens is 596 g/mol. The second-order valence-electron chi connectivity index (χ2n) is 11.1. The number of rotatable bonds is 18. The van der Waals surface area contributed by atoms with Gasteiger partial charge >= 0.3 is 7.82 Å². The SMILES string of the molecule is CC(C)CCCC(C)CCCC(C)CCCC(C)CC(CC(Cl)(Cl)Cl)(CC(Cl)(Cl)Cl)OP(=O)(O)O. The van der Waals surface area contributed by atoms with Crippen molar-refractivity contribution in [1.82, 2.24) is 0 Å². The van der Waals surface area contributed by atoms with Gasteiger partial charge in [0.2, 0.25) is 0 Å². The Labute approximate surface area is 243 Å². The van der Waals surface area contributed by atoms with Gasteiger partial charge in [0.25, 0.3) is 0 Å². The average molecular weight is 641 g/mol. The van der Waals surface area contributed by atoms with Gasteiger partial charge in [0, 0.05) is 12.8 Å². The minimum Gasteiger partial charge on any atom is -0.303 e. The number of halogens is 6. The molecule has 2 N–H and O–H groups in total. The Morgan fingerprint density at radius 3 is 1.31 bits per heavy atom. The predicted octanol–water partition coefficient (Wildman–Crippen LogP) is 10.8. The third-order valence-corrected chi connectivity index (χ3v) is 7.77. The van der Waals surface area contributed by atoms with Gasteiger partial charge in [-0.3, -0.25) is 4.52 Å². The lowest BCUT2D eigenvalue weighted by Gasteiger charge is -2.39. The Morgan fingerprint density at radius 2 is 1.00 bits per heavy atom. The third kappa shape index (κ3) is 22.4. The van der Waals surface area contributed by atoms with Crippen LogP contribution in [0.3, 0.4) is 0 Å². The first kappa shape index (κ1) is 36.8. The van der Waals surface area contributed by atoms with Crippen molar-refractivity contribution in [3.63, 3.8) is 0 Å². The topological polar surface area (TPSA) is 66.8 Å². The van der Waals surface area contributed by atoms with Crippen molar-refractivity contribution in [2.24, 2.45) is 23.7 Å². The zero-order valence-corrected chi connectivity index (χ0v) is 27.2. The second-order valence-corrected chi connectivity index (χ2v) is 17.3. The summed E-state index contributed by atoms with van der Waals surface area (Å²) in [7, 11) is -4.94. The van der Waals surface area contributed by atoms with Crippen LogP contribution in [0.2, 0.25) is 0 Å². The van der Waals surface area contributed by atoms with Gasteiger partial charge in [-0.15, -0.1) is 0 Å². The van der Waals surface area contributed by atoms with Crippen LogP contribution >= 0.6 is 77.4 Å². The molecule has 0 aliphatic heterocycles. The van der Waals surface area contributed by atoms with Crippen LogP contribution in [-0.2, 0) is 9.09 Å². The zero-order chi connectivity index (χ0) is 27.5. The van der Waals surface area contributed by atoms with Gasteiger partial charge in [0.1, 0.15) is 0 Å². The van der Waals surface area contributed by atoms with Crippen molar-refractivity contribution in [2.75, 3.05) is 0 Å². The predicted molar refractivity (Wildman–Crippen MR) is 154 cm³/mol. The van der Waals surface area contributed by atoms with Gasteiger partial charge in [0.15, 0.2) is 7.59 Å². The van der Waals surface area contributed by atoms with Crippen LogP contribution < -0.4 is 0 Å². The normalized spacial score (nSPS) is 16.5. The van der Waals surface area contributed by atoms with Crippen molar-refractivity contribution in [3.05, 3.63) is 0 Å². The molecule has 35 heavy (non-hydrogen) atoms. The van der Waals surface area contributed by atoms with E-state index in [2.05, 4.69) is 27.7 Å². The summed E-state index contributed by atoms with van der Waals surface area (Å²) in [4.78, 5) is 19.1. The van der Waals surface area contributed by atoms with E-state index in [1.165, 1.54) is 38.5 Å². The second kappa shape index (κ2) is 16.8.